The molecule has 1 aliphatic rings. The minimum Gasteiger partial charge on any atom is -0.488 e. The van der Waals surface area contributed by atoms with Crippen LogP contribution in [-0.2, 0) is 17.8 Å². The van der Waals surface area contributed by atoms with Crippen LogP contribution in [0.25, 0.3) is 21.2 Å². The molecule has 6 nitrogen and oxygen atoms in total. The van der Waals surface area contributed by atoms with E-state index in [4.69, 9.17) is 4.74 Å². The van der Waals surface area contributed by atoms with E-state index in [-0.39, 0.29) is 17.8 Å². The highest BCUT2D eigenvalue weighted by Gasteiger charge is 2.25. The third-order valence-corrected chi connectivity index (χ3v) is 7.16. The maximum absolute atomic E-state index is 12.3. The van der Waals surface area contributed by atoms with E-state index < -0.39 is 0 Å². The Hall–Kier alpha value is -3.45. The average molecular weight is 460 g/mol. The molecule has 33 heavy (non-hydrogen) atoms. The van der Waals surface area contributed by atoms with Crippen LogP contribution in [0.1, 0.15) is 34.3 Å². The minimum atomic E-state index is -0.0726. The summed E-state index contributed by atoms with van der Waals surface area (Å²) in [5.41, 5.74) is 3.24. The number of ketones is 1. The number of thiophene rings is 1. The summed E-state index contributed by atoms with van der Waals surface area (Å²) < 4.78 is 7.89. The Morgan fingerprint density at radius 1 is 1.18 bits per heavy atom. The number of nitrogens with zero attached hydrogens (tertiary/aromatic N) is 2. The first-order valence-corrected chi connectivity index (χ1v) is 11.9. The zero-order valence-electron chi connectivity index (χ0n) is 18.6. The van der Waals surface area contributed by atoms with E-state index in [1.54, 1.807) is 11.6 Å². The topological polar surface area (TPSA) is 73.2 Å². The van der Waals surface area contributed by atoms with Crippen molar-refractivity contribution >= 4 is 33.8 Å². The molecule has 2 aromatic heterocycles. The molecule has 0 bridgehead atoms. The Balaban J connectivity index is 1.23. The number of carbonyl (C=O) groups is 2. The zero-order valence-corrected chi connectivity index (χ0v) is 19.4. The maximum Gasteiger partial charge on any atom is 0.221 e. The largest absolute Gasteiger partial charge is 0.488 e. The first kappa shape index (κ1) is 21.4. The van der Waals surface area contributed by atoms with Gasteiger partial charge in [-0.15, -0.1) is 11.3 Å². The van der Waals surface area contributed by atoms with Crippen molar-refractivity contribution in [3.05, 3.63) is 70.9 Å². The van der Waals surface area contributed by atoms with Crippen molar-refractivity contribution in [1.29, 1.82) is 0 Å². The van der Waals surface area contributed by atoms with E-state index in [0.717, 1.165) is 38.6 Å². The van der Waals surface area contributed by atoms with Crippen LogP contribution in [0.2, 0.25) is 0 Å². The second kappa shape index (κ2) is 8.83. The molecule has 1 aliphatic heterocycles. The van der Waals surface area contributed by atoms with Gasteiger partial charge in [-0.05, 0) is 60.5 Å². The van der Waals surface area contributed by atoms with Gasteiger partial charge in [0.1, 0.15) is 11.9 Å². The predicted molar refractivity (Wildman–Crippen MR) is 130 cm³/mol. The average Bonchev–Trinajstić information content (AvgIpc) is 3.55. The van der Waals surface area contributed by atoms with Crippen molar-refractivity contribution in [2.75, 3.05) is 6.54 Å². The Bertz CT molecular complexity index is 1350. The summed E-state index contributed by atoms with van der Waals surface area (Å²) in [6.45, 7) is 4.58. The summed E-state index contributed by atoms with van der Waals surface area (Å²) >= 11 is 1.52. The first-order valence-electron chi connectivity index (χ1n) is 11.1. The summed E-state index contributed by atoms with van der Waals surface area (Å²) in [5, 5.41) is 9.62. The van der Waals surface area contributed by atoms with E-state index in [0.29, 0.717) is 19.5 Å². The fourth-order valence-electron chi connectivity index (χ4n) is 4.21. The molecule has 1 N–H and O–H groups in total. The van der Waals surface area contributed by atoms with Crippen LogP contribution in [0, 0.1) is 6.92 Å². The van der Waals surface area contributed by atoms with Crippen LogP contribution < -0.4 is 10.1 Å². The highest BCUT2D eigenvalue weighted by Crippen LogP contribution is 2.37. The van der Waals surface area contributed by atoms with E-state index in [9.17, 15) is 9.59 Å². The number of carbonyl (C=O) groups excluding carboxylic acids is 2. The Morgan fingerprint density at radius 2 is 2.06 bits per heavy atom. The van der Waals surface area contributed by atoms with Crippen LogP contribution in [0.3, 0.4) is 0 Å². The molecular weight excluding hydrogens is 434 g/mol. The lowest BCUT2D eigenvalue weighted by molar-refractivity contribution is -0.121. The third-order valence-electron chi connectivity index (χ3n) is 5.92. The van der Waals surface area contributed by atoms with Crippen molar-refractivity contribution in [3.8, 4) is 16.2 Å². The quantitative estimate of drug-likeness (QED) is 0.404. The normalized spacial score (nSPS) is 14.8. The van der Waals surface area contributed by atoms with E-state index >= 15 is 0 Å². The maximum atomic E-state index is 12.3. The molecule has 4 aromatic rings. The lowest BCUT2D eigenvalue weighted by atomic mass is 9.98. The number of benzene rings is 2. The third kappa shape index (κ3) is 4.54. The van der Waals surface area contributed by atoms with Crippen LogP contribution >= 0.6 is 11.3 Å². The van der Waals surface area contributed by atoms with Gasteiger partial charge in [-0.3, -0.25) is 14.3 Å². The van der Waals surface area contributed by atoms with Crippen molar-refractivity contribution in [3.63, 3.8) is 0 Å². The fraction of sp³-hybridized carbons (Fsp3) is 0.269. The molecule has 0 saturated carbocycles. The molecule has 2 aromatic carbocycles. The Kier molecular flexibility index (Phi) is 5.72. The molecule has 0 unspecified atom stereocenters. The number of amides is 1. The summed E-state index contributed by atoms with van der Waals surface area (Å²) in [7, 11) is 0. The molecule has 0 aliphatic carbocycles. The lowest BCUT2D eigenvalue weighted by Crippen LogP contribution is -2.34. The fourth-order valence-corrected chi connectivity index (χ4v) is 5.11. The van der Waals surface area contributed by atoms with Crippen molar-refractivity contribution in [1.82, 2.24) is 15.1 Å². The Labute approximate surface area is 196 Å². The van der Waals surface area contributed by atoms with Gasteiger partial charge in [0, 0.05) is 36.0 Å². The van der Waals surface area contributed by atoms with Crippen LogP contribution in [0.15, 0.2) is 54.7 Å². The number of hydrogen-bond acceptors (Lipinski definition) is 5. The van der Waals surface area contributed by atoms with Gasteiger partial charge in [-0.2, -0.15) is 5.10 Å². The van der Waals surface area contributed by atoms with Gasteiger partial charge >= 0.3 is 0 Å². The number of ether oxygens (including phenoxy) is 1. The molecular formula is C26H25N3O3S. The molecule has 1 amide bonds. The zero-order chi connectivity index (χ0) is 22.9. The number of rotatable bonds is 7. The van der Waals surface area contributed by atoms with E-state index in [1.807, 2.05) is 37.4 Å². The highest BCUT2D eigenvalue weighted by atomic mass is 32.1. The van der Waals surface area contributed by atoms with Crippen molar-refractivity contribution in [2.24, 2.45) is 0 Å². The number of aryl methyl sites for hydroxylation is 2. The van der Waals surface area contributed by atoms with Gasteiger partial charge < -0.3 is 10.1 Å². The van der Waals surface area contributed by atoms with Crippen LogP contribution in [-0.4, -0.2) is 34.1 Å². The number of nitrogens with one attached hydrogen (secondary N) is 1. The predicted octanol–water partition coefficient (Wildman–Crippen LogP) is 4.79. The lowest BCUT2D eigenvalue weighted by Gasteiger charge is -2.12. The summed E-state index contributed by atoms with van der Waals surface area (Å²) in [6.07, 6.45) is 2.96. The second-order valence-electron chi connectivity index (χ2n) is 8.42. The molecule has 0 saturated heterocycles. The second-order valence-corrected chi connectivity index (χ2v) is 9.50. The molecule has 0 fully saturated rings. The molecule has 7 heteroatoms. The first-order chi connectivity index (χ1) is 16.0. The number of hydrogen-bond donors (Lipinski definition) is 1. The van der Waals surface area contributed by atoms with Crippen LogP contribution in [0.4, 0.5) is 0 Å². The Morgan fingerprint density at radius 3 is 2.82 bits per heavy atom. The number of Topliss-reactive ketones (excluding diaryl/α,β-unsaturated/α-hetero) is 1. The van der Waals surface area contributed by atoms with Crippen molar-refractivity contribution < 1.29 is 14.3 Å². The van der Waals surface area contributed by atoms with Gasteiger partial charge in [0.15, 0.2) is 5.78 Å². The SMILES string of the molecule is CC(=O)c1ccc(-c2ccc3c4c(ccc3c2)O[C@H](CNC(=O)CCn2ccc(C)n2)C4)s1. The van der Waals surface area contributed by atoms with Crippen molar-refractivity contribution in [2.45, 2.75) is 39.3 Å². The highest BCUT2D eigenvalue weighted by molar-refractivity contribution is 7.17. The smallest absolute Gasteiger partial charge is 0.221 e. The van der Waals surface area contributed by atoms with Gasteiger partial charge in [0.2, 0.25) is 5.91 Å². The van der Waals surface area contributed by atoms with Gasteiger partial charge in [0.05, 0.1) is 17.1 Å². The molecule has 5 rings (SSSR count). The number of fused-ring (bicyclic) bond motifs is 3. The molecule has 0 radical (unpaired) electrons. The van der Waals surface area contributed by atoms with E-state index in [2.05, 4.69) is 34.7 Å². The molecule has 3 heterocycles. The van der Waals surface area contributed by atoms with Crippen LogP contribution in [0.5, 0.6) is 5.75 Å². The molecule has 0 spiro atoms. The summed E-state index contributed by atoms with van der Waals surface area (Å²) in [5.74, 6) is 0.978. The van der Waals surface area contributed by atoms with E-state index in [1.165, 1.54) is 22.3 Å². The standard InChI is InChI=1S/C26H25N3O3S/c1-16-9-11-29(28-16)12-10-26(31)27-15-20-14-22-21-5-3-19(13-18(21)4-6-23(22)32-20)25-8-7-24(33-25)17(2)30/h3-9,11,13,20H,10,12,14-15H2,1-2H3,(H,27,31)/t20-/m0/s1. The van der Waals surface area contributed by atoms with Gasteiger partial charge in [-0.1, -0.05) is 18.2 Å². The van der Waals surface area contributed by atoms with Gasteiger partial charge in [-0.25, -0.2) is 0 Å². The monoisotopic (exact) mass is 459 g/mol. The number of aromatic nitrogens is 2. The summed E-state index contributed by atoms with van der Waals surface area (Å²) in [4.78, 5) is 25.7. The minimum absolute atomic E-state index is 0.00177. The molecule has 168 valence electrons. The summed E-state index contributed by atoms with van der Waals surface area (Å²) in [6, 6.07) is 16.3. The molecule has 1 atom stereocenters. The van der Waals surface area contributed by atoms with Gasteiger partial charge in [0.25, 0.3) is 0 Å².